The van der Waals surface area contributed by atoms with Crippen LogP contribution in [0.2, 0.25) is 0 Å². The average Bonchev–Trinajstić information content (AvgIpc) is 2.51. The van der Waals surface area contributed by atoms with Crippen LogP contribution in [0.25, 0.3) is 0 Å². The lowest BCUT2D eigenvalue weighted by Crippen LogP contribution is -2.59. The number of aliphatic hydroxyl groups is 4. The van der Waals surface area contributed by atoms with Crippen molar-refractivity contribution in [1.82, 2.24) is 0 Å². The van der Waals surface area contributed by atoms with Crippen LogP contribution in [0.3, 0.4) is 0 Å². The first-order chi connectivity index (χ1) is 10.8. The van der Waals surface area contributed by atoms with E-state index in [2.05, 4.69) is 0 Å². The van der Waals surface area contributed by atoms with Gasteiger partial charge in [-0.3, -0.25) is 10.2 Å². The fourth-order valence-corrected chi connectivity index (χ4v) is 2.54. The monoisotopic (exact) mass is 333 g/mol. The molecule has 0 spiro atoms. The van der Waals surface area contributed by atoms with E-state index in [4.69, 9.17) is 26.7 Å². The molecule has 0 radical (unpaired) electrons. The van der Waals surface area contributed by atoms with E-state index in [0.29, 0.717) is 25.7 Å². The predicted octanol–water partition coefficient (Wildman–Crippen LogP) is -2.39. The third-order valence-electron chi connectivity index (χ3n) is 4.02. The van der Waals surface area contributed by atoms with E-state index < -0.39 is 43.2 Å². The number of unbranched alkanes of at least 4 members (excludes halogenated alkanes) is 1. The van der Waals surface area contributed by atoms with Crippen LogP contribution in [0, 0.1) is 5.41 Å². The Balaban J connectivity index is 2.46. The van der Waals surface area contributed by atoms with Crippen molar-refractivity contribution in [3.8, 4) is 0 Å². The van der Waals surface area contributed by atoms with Gasteiger partial charge in [-0.1, -0.05) is 6.42 Å². The highest BCUT2D eigenvalue weighted by Gasteiger charge is 2.44. The number of Topliss-reactive ketones (excluding diaryl/α,β-unsaturated/α-hetero) is 1. The molecular weight excluding hydrogens is 306 g/mol. The standard InChI is InChI=1S/C14H27N3O6/c15-7(3-1-2-4-11(16)17)8(19)5-9-12(20)14(22)13(21)10(6-18)23-9/h7,9-10,12-14,18,20-22H,1-6,15H2,(H3,16,17)/t7-,9-,10+,12-,13+,14+/m0/s1. The van der Waals surface area contributed by atoms with Gasteiger partial charge in [-0.25, -0.2) is 0 Å². The van der Waals surface area contributed by atoms with E-state index in [1.54, 1.807) is 0 Å². The number of nitrogens with two attached hydrogens (primary N) is 2. The molecule has 9 heteroatoms. The van der Waals surface area contributed by atoms with Crippen LogP contribution in [-0.2, 0) is 9.53 Å². The van der Waals surface area contributed by atoms with Gasteiger partial charge >= 0.3 is 0 Å². The normalized spacial score (nSPS) is 32.5. The van der Waals surface area contributed by atoms with Crippen LogP contribution in [0.1, 0.15) is 32.1 Å². The minimum atomic E-state index is -1.49. The summed E-state index contributed by atoms with van der Waals surface area (Å²) in [6.07, 6.45) is -4.46. The van der Waals surface area contributed by atoms with Crippen LogP contribution in [0.15, 0.2) is 0 Å². The largest absolute Gasteiger partial charge is 0.394 e. The zero-order chi connectivity index (χ0) is 17.6. The lowest BCUT2D eigenvalue weighted by Gasteiger charge is -2.40. The number of ether oxygens (including phenoxy) is 1. The molecule has 0 aromatic carbocycles. The molecule has 0 amide bonds. The minimum Gasteiger partial charge on any atom is -0.394 e. The third-order valence-corrected chi connectivity index (χ3v) is 4.02. The second-order valence-electron chi connectivity index (χ2n) is 5.92. The van der Waals surface area contributed by atoms with E-state index in [1.807, 2.05) is 0 Å². The maximum absolute atomic E-state index is 12.1. The predicted molar refractivity (Wildman–Crippen MR) is 81.7 cm³/mol. The Morgan fingerprint density at radius 2 is 1.74 bits per heavy atom. The lowest BCUT2D eigenvalue weighted by atomic mass is 9.91. The van der Waals surface area contributed by atoms with Gasteiger partial charge in [0.15, 0.2) is 5.78 Å². The van der Waals surface area contributed by atoms with Crippen molar-refractivity contribution in [2.24, 2.45) is 11.5 Å². The van der Waals surface area contributed by atoms with E-state index in [-0.39, 0.29) is 18.0 Å². The minimum absolute atomic E-state index is 0.0891. The SMILES string of the molecule is N=C(N)CCCC[C@H](N)C(=O)C[C@@H]1O[C@H](CO)[C@@H](O)[C@H](O)[C@H]1O. The van der Waals surface area contributed by atoms with E-state index in [1.165, 1.54) is 0 Å². The van der Waals surface area contributed by atoms with Crippen LogP contribution in [0.5, 0.6) is 0 Å². The highest BCUT2D eigenvalue weighted by atomic mass is 16.5. The summed E-state index contributed by atoms with van der Waals surface area (Å²) in [5.41, 5.74) is 11.0. The summed E-state index contributed by atoms with van der Waals surface area (Å²) in [5, 5.41) is 45.4. The average molecular weight is 333 g/mol. The van der Waals surface area contributed by atoms with Crippen LogP contribution in [-0.4, -0.2) is 75.2 Å². The molecule has 0 aliphatic carbocycles. The zero-order valence-corrected chi connectivity index (χ0v) is 13.0. The zero-order valence-electron chi connectivity index (χ0n) is 13.0. The smallest absolute Gasteiger partial charge is 0.152 e. The molecule has 23 heavy (non-hydrogen) atoms. The van der Waals surface area contributed by atoms with Crippen molar-refractivity contribution in [2.45, 2.75) is 68.7 Å². The summed E-state index contributed by atoms with van der Waals surface area (Å²) in [5.74, 6) is -0.247. The van der Waals surface area contributed by atoms with Crippen LogP contribution < -0.4 is 11.5 Å². The molecule has 9 nitrogen and oxygen atoms in total. The number of aliphatic hydroxyl groups excluding tert-OH is 4. The number of nitrogens with one attached hydrogen (secondary N) is 1. The first-order valence-corrected chi connectivity index (χ1v) is 7.69. The fourth-order valence-electron chi connectivity index (χ4n) is 2.54. The number of hydrogen-bond acceptors (Lipinski definition) is 8. The van der Waals surface area contributed by atoms with Gasteiger partial charge in [-0.15, -0.1) is 0 Å². The van der Waals surface area contributed by atoms with E-state index >= 15 is 0 Å². The van der Waals surface area contributed by atoms with Crippen molar-refractivity contribution in [3.05, 3.63) is 0 Å². The van der Waals surface area contributed by atoms with Crippen molar-refractivity contribution >= 4 is 11.6 Å². The summed E-state index contributed by atoms with van der Waals surface area (Å²) in [4.78, 5) is 12.1. The van der Waals surface area contributed by atoms with Crippen molar-refractivity contribution in [1.29, 1.82) is 5.41 Å². The topological polar surface area (TPSA) is 183 Å². The van der Waals surface area contributed by atoms with Gasteiger partial charge in [-0.05, 0) is 12.8 Å². The molecule has 0 aromatic heterocycles. The molecular formula is C14H27N3O6. The Morgan fingerprint density at radius 3 is 2.30 bits per heavy atom. The Labute approximate surface area is 134 Å². The molecule has 1 saturated heterocycles. The maximum atomic E-state index is 12.1. The Kier molecular flexibility index (Phi) is 8.03. The van der Waals surface area contributed by atoms with Gasteiger partial charge in [0.1, 0.15) is 24.4 Å². The Bertz CT molecular complexity index is 406. The number of hydrogen-bond donors (Lipinski definition) is 7. The molecule has 1 aliphatic heterocycles. The van der Waals surface area contributed by atoms with E-state index in [0.717, 1.165) is 0 Å². The molecule has 1 fully saturated rings. The Hall–Kier alpha value is -1.10. The molecule has 1 aliphatic rings. The molecule has 0 aromatic rings. The molecule has 0 bridgehead atoms. The summed E-state index contributed by atoms with van der Waals surface area (Å²) in [7, 11) is 0. The maximum Gasteiger partial charge on any atom is 0.152 e. The second kappa shape index (κ2) is 9.26. The number of carbonyl (C=O) groups excluding carboxylic acids is 1. The molecule has 9 N–H and O–H groups in total. The lowest BCUT2D eigenvalue weighted by molar-refractivity contribution is -0.229. The van der Waals surface area contributed by atoms with Crippen molar-refractivity contribution in [3.63, 3.8) is 0 Å². The fraction of sp³-hybridized carbons (Fsp3) is 0.857. The quantitative estimate of drug-likeness (QED) is 0.138. The third kappa shape index (κ3) is 5.79. The summed E-state index contributed by atoms with van der Waals surface area (Å²) in [6.45, 7) is -0.535. The van der Waals surface area contributed by atoms with E-state index in [9.17, 15) is 20.1 Å². The van der Waals surface area contributed by atoms with Gasteiger partial charge < -0.3 is 36.6 Å². The second-order valence-corrected chi connectivity index (χ2v) is 5.92. The number of amidine groups is 1. The molecule has 0 saturated carbocycles. The number of rotatable bonds is 9. The first-order valence-electron chi connectivity index (χ1n) is 7.69. The number of carbonyl (C=O) groups is 1. The molecule has 6 atom stereocenters. The van der Waals surface area contributed by atoms with Gasteiger partial charge in [0.05, 0.1) is 24.6 Å². The molecule has 0 unspecified atom stereocenters. The summed E-state index contributed by atoms with van der Waals surface area (Å²) in [6, 6.07) is -0.741. The first kappa shape index (κ1) is 19.9. The Morgan fingerprint density at radius 1 is 1.13 bits per heavy atom. The van der Waals surface area contributed by atoms with Gasteiger partial charge in [0, 0.05) is 12.8 Å². The van der Waals surface area contributed by atoms with Crippen molar-refractivity contribution < 1.29 is 30.0 Å². The number of ketones is 1. The molecule has 1 rings (SSSR count). The van der Waals surface area contributed by atoms with Gasteiger partial charge in [0.25, 0.3) is 0 Å². The van der Waals surface area contributed by atoms with Gasteiger partial charge in [0.2, 0.25) is 0 Å². The summed E-state index contributed by atoms with van der Waals surface area (Å²) >= 11 is 0. The van der Waals surface area contributed by atoms with Crippen molar-refractivity contribution in [2.75, 3.05) is 6.61 Å². The molecule has 1 heterocycles. The van der Waals surface area contributed by atoms with Crippen LogP contribution in [0.4, 0.5) is 0 Å². The highest BCUT2D eigenvalue weighted by Crippen LogP contribution is 2.23. The highest BCUT2D eigenvalue weighted by molar-refractivity contribution is 5.84. The summed E-state index contributed by atoms with van der Waals surface area (Å²) < 4.78 is 5.28. The molecule has 134 valence electrons. The van der Waals surface area contributed by atoms with Crippen LogP contribution >= 0.6 is 0 Å². The van der Waals surface area contributed by atoms with Gasteiger partial charge in [-0.2, -0.15) is 0 Å².